The van der Waals surface area contributed by atoms with Crippen molar-refractivity contribution in [1.82, 2.24) is 0 Å². The number of methoxy groups -OCH3 is 2. The number of para-hydroxylation sites is 1. The van der Waals surface area contributed by atoms with E-state index in [1.54, 1.807) is 37.4 Å². The number of hydrogen-bond donors (Lipinski definition) is 0. The smallest absolute Gasteiger partial charge is 0.341 e. The Morgan fingerprint density at radius 3 is 2.35 bits per heavy atom. The van der Waals surface area contributed by atoms with Gasteiger partial charge in [0, 0.05) is 29.8 Å². The van der Waals surface area contributed by atoms with Crippen molar-refractivity contribution in [3.05, 3.63) is 48.1 Å². The normalized spacial score (nSPS) is 13.2. The topological polar surface area (TPSA) is 69.5 Å². The highest BCUT2D eigenvalue weighted by atomic mass is 16.5. The molecule has 1 aromatic rings. The number of nitrogens with zero attached hydrogens (tertiary/aromatic N) is 2. The lowest BCUT2D eigenvalue weighted by atomic mass is 9.90. The molecule has 0 aliphatic heterocycles. The largest absolute Gasteiger partial charge is 0.503 e. The van der Waals surface area contributed by atoms with Gasteiger partial charge >= 0.3 is 5.97 Å². The lowest BCUT2D eigenvalue weighted by Crippen LogP contribution is -2.19. The Kier molecular flexibility index (Phi) is 7.77. The highest BCUT2D eigenvalue weighted by Gasteiger charge is 2.20. The molecule has 1 aromatic carbocycles. The standard InChI is InChI=1S/C20H26N2O4/c1-20(2,3)17(21-4)12-18(22-5)26-16-11-9-8-10-14(16)15(13-24-6)19(23)25-7/h8-13H,5H2,1-4,6-7H3/b15-13+,18-12+,21-17?. The van der Waals surface area contributed by atoms with Crippen molar-refractivity contribution < 1.29 is 19.0 Å². The number of esters is 1. The highest BCUT2D eigenvalue weighted by molar-refractivity contribution is 6.17. The van der Waals surface area contributed by atoms with Crippen LogP contribution < -0.4 is 4.74 Å². The first-order valence-electron chi connectivity index (χ1n) is 8.02. The fraction of sp³-hybridized carbons (Fsp3) is 0.350. The molecule has 0 aliphatic carbocycles. The van der Waals surface area contributed by atoms with E-state index in [0.717, 1.165) is 5.71 Å². The van der Waals surface area contributed by atoms with Crippen molar-refractivity contribution in [3.63, 3.8) is 0 Å². The molecule has 6 heteroatoms. The maximum atomic E-state index is 12.1. The Bertz CT molecular complexity index is 740. The Hall–Kier alpha value is -2.89. The molecule has 0 fully saturated rings. The molecule has 0 atom stereocenters. The molecule has 0 bridgehead atoms. The maximum Gasteiger partial charge on any atom is 0.341 e. The molecule has 0 aromatic heterocycles. The fourth-order valence-corrected chi connectivity index (χ4v) is 2.18. The number of allylic oxidation sites excluding steroid dienone is 1. The summed E-state index contributed by atoms with van der Waals surface area (Å²) in [5, 5.41) is 0. The summed E-state index contributed by atoms with van der Waals surface area (Å²) in [6.45, 7) is 9.68. The van der Waals surface area contributed by atoms with E-state index in [1.165, 1.54) is 20.5 Å². The van der Waals surface area contributed by atoms with Gasteiger partial charge in [-0.2, -0.15) is 0 Å². The van der Waals surface area contributed by atoms with E-state index >= 15 is 0 Å². The van der Waals surface area contributed by atoms with Crippen molar-refractivity contribution in [1.29, 1.82) is 0 Å². The first-order chi connectivity index (χ1) is 12.3. The van der Waals surface area contributed by atoms with Crippen molar-refractivity contribution in [3.8, 4) is 5.75 Å². The van der Waals surface area contributed by atoms with E-state index in [0.29, 0.717) is 11.3 Å². The van der Waals surface area contributed by atoms with Crippen LogP contribution in [-0.2, 0) is 14.3 Å². The molecule has 0 aliphatic rings. The van der Waals surface area contributed by atoms with E-state index in [2.05, 4.69) is 16.7 Å². The average molecular weight is 358 g/mol. The molecule has 0 saturated heterocycles. The lowest BCUT2D eigenvalue weighted by molar-refractivity contribution is -0.133. The lowest BCUT2D eigenvalue weighted by Gasteiger charge is -2.19. The van der Waals surface area contributed by atoms with Gasteiger partial charge in [-0.3, -0.25) is 4.99 Å². The predicted octanol–water partition coefficient (Wildman–Crippen LogP) is 3.88. The molecule has 0 spiro atoms. The summed E-state index contributed by atoms with van der Waals surface area (Å²) >= 11 is 0. The molecule has 0 amide bonds. The van der Waals surface area contributed by atoms with Crippen LogP contribution in [0.25, 0.3) is 5.57 Å². The van der Waals surface area contributed by atoms with Crippen LogP contribution in [0.2, 0.25) is 0 Å². The molecular weight excluding hydrogens is 332 g/mol. The number of hydrogen-bond acceptors (Lipinski definition) is 6. The quantitative estimate of drug-likeness (QED) is 0.321. The van der Waals surface area contributed by atoms with Gasteiger partial charge in [0.25, 0.3) is 0 Å². The van der Waals surface area contributed by atoms with E-state index < -0.39 is 5.97 Å². The van der Waals surface area contributed by atoms with Crippen LogP contribution in [0.15, 0.2) is 52.5 Å². The number of rotatable bonds is 7. The van der Waals surface area contributed by atoms with Gasteiger partial charge in [0.1, 0.15) is 11.3 Å². The summed E-state index contributed by atoms with van der Waals surface area (Å²) in [5.41, 5.74) is 1.37. The van der Waals surface area contributed by atoms with Crippen LogP contribution in [0.3, 0.4) is 0 Å². The van der Waals surface area contributed by atoms with Crippen molar-refractivity contribution in [2.24, 2.45) is 15.4 Å². The summed E-state index contributed by atoms with van der Waals surface area (Å²) < 4.78 is 15.7. The summed E-state index contributed by atoms with van der Waals surface area (Å²) in [5.74, 6) is 0.157. The van der Waals surface area contributed by atoms with E-state index in [9.17, 15) is 4.79 Å². The highest BCUT2D eigenvalue weighted by Crippen LogP contribution is 2.29. The van der Waals surface area contributed by atoms with Gasteiger partial charge in [0.15, 0.2) is 0 Å². The van der Waals surface area contributed by atoms with E-state index in [4.69, 9.17) is 14.2 Å². The molecule has 0 N–H and O–H groups in total. The molecule has 6 nitrogen and oxygen atoms in total. The number of aliphatic imine (C=N–C) groups is 2. The van der Waals surface area contributed by atoms with Gasteiger partial charge in [-0.25, -0.2) is 9.79 Å². The Morgan fingerprint density at radius 1 is 1.19 bits per heavy atom. The Labute approximate surface area is 154 Å². The van der Waals surface area contributed by atoms with Crippen LogP contribution in [0.5, 0.6) is 5.75 Å². The molecule has 0 saturated carbocycles. The van der Waals surface area contributed by atoms with Crippen molar-refractivity contribution in [2.45, 2.75) is 20.8 Å². The second-order valence-electron chi connectivity index (χ2n) is 6.36. The summed E-state index contributed by atoms with van der Waals surface area (Å²) in [6, 6.07) is 7.03. The van der Waals surface area contributed by atoms with Gasteiger partial charge in [0.2, 0.25) is 5.88 Å². The zero-order valence-electron chi connectivity index (χ0n) is 16.2. The minimum absolute atomic E-state index is 0.180. The molecule has 1 rings (SSSR count). The van der Waals surface area contributed by atoms with Crippen LogP contribution >= 0.6 is 0 Å². The van der Waals surface area contributed by atoms with Gasteiger partial charge < -0.3 is 14.2 Å². The third-order valence-electron chi connectivity index (χ3n) is 3.46. The van der Waals surface area contributed by atoms with Gasteiger partial charge in [-0.05, 0) is 12.8 Å². The maximum absolute atomic E-state index is 12.1. The third kappa shape index (κ3) is 5.58. The van der Waals surface area contributed by atoms with Crippen LogP contribution in [0, 0.1) is 5.41 Å². The zero-order valence-corrected chi connectivity index (χ0v) is 16.2. The molecule has 140 valence electrons. The molecule has 0 heterocycles. The minimum Gasteiger partial charge on any atom is -0.503 e. The average Bonchev–Trinajstić information content (AvgIpc) is 2.61. The first kappa shape index (κ1) is 21.2. The number of carbonyl (C=O) groups excluding carboxylic acids is 1. The molecule has 0 radical (unpaired) electrons. The van der Waals surface area contributed by atoms with Crippen LogP contribution in [-0.4, -0.2) is 39.7 Å². The SMILES string of the molecule is C=N/C(=C\C(=NC)C(C)(C)C)Oc1ccccc1/C(=C\OC)C(=O)OC. The monoisotopic (exact) mass is 358 g/mol. The molecule has 26 heavy (non-hydrogen) atoms. The Balaban J connectivity index is 3.35. The molecular formula is C20H26N2O4. The first-order valence-corrected chi connectivity index (χ1v) is 8.02. The Morgan fingerprint density at radius 2 is 1.85 bits per heavy atom. The number of ether oxygens (including phenoxy) is 3. The summed E-state index contributed by atoms with van der Waals surface area (Å²) in [6.07, 6.45) is 3.04. The zero-order chi connectivity index (χ0) is 19.7. The fourth-order valence-electron chi connectivity index (χ4n) is 2.18. The second-order valence-corrected chi connectivity index (χ2v) is 6.36. The second kappa shape index (κ2) is 9.56. The van der Waals surface area contributed by atoms with Crippen LogP contribution in [0.4, 0.5) is 0 Å². The number of benzene rings is 1. The van der Waals surface area contributed by atoms with Gasteiger partial charge in [0.05, 0.1) is 20.5 Å². The minimum atomic E-state index is -0.537. The molecule has 0 unspecified atom stereocenters. The number of carbonyl (C=O) groups is 1. The van der Waals surface area contributed by atoms with E-state index in [-0.39, 0.29) is 16.9 Å². The third-order valence-corrected chi connectivity index (χ3v) is 3.46. The predicted molar refractivity (Wildman–Crippen MR) is 105 cm³/mol. The summed E-state index contributed by atoms with van der Waals surface area (Å²) in [7, 11) is 4.47. The van der Waals surface area contributed by atoms with E-state index in [1.807, 2.05) is 20.8 Å². The van der Waals surface area contributed by atoms with Crippen molar-refractivity contribution >= 4 is 24.0 Å². The van der Waals surface area contributed by atoms with Gasteiger partial charge in [-0.15, -0.1) is 0 Å². The summed E-state index contributed by atoms with van der Waals surface area (Å²) in [4.78, 5) is 20.3. The van der Waals surface area contributed by atoms with Crippen molar-refractivity contribution in [2.75, 3.05) is 21.3 Å². The van der Waals surface area contributed by atoms with Crippen LogP contribution in [0.1, 0.15) is 26.3 Å². The van der Waals surface area contributed by atoms with Gasteiger partial charge in [-0.1, -0.05) is 39.0 Å².